The van der Waals surface area contributed by atoms with Crippen LogP contribution in [0.15, 0.2) is 0 Å². The lowest BCUT2D eigenvalue weighted by molar-refractivity contribution is -0.131. The molecule has 1 atom stereocenters. The fourth-order valence-electron chi connectivity index (χ4n) is 1.42. The molecule has 1 aliphatic carbocycles. The first-order valence-electron chi connectivity index (χ1n) is 5.76. The zero-order valence-electron chi connectivity index (χ0n) is 9.98. The summed E-state index contributed by atoms with van der Waals surface area (Å²) in [5.41, 5.74) is 14.7. The van der Waals surface area contributed by atoms with Crippen molar-refractivity contribution < 1.29 is 19.1 Å². The zero-order valence-corrected chi connectivity index (χ0v) is 9.98. The molecule has 8 heteroatoms. The smallest absolute Gasteiger partial charge is 0.405 e. The van der Waals surface area contributed by atoms with E-state index in [0.29, 0.717) is 12.3 Å². The summed E-state index contributed by atoms with van der Waals surface area (Å²) in [5, 5.41) is 0. The van der Waals surface area contributed by atoms with Crippen LogP contribution in [-0.2, 0) is 14.3 Å². The van der Waals surface area contributed by atoms with E-state index in [-0.39, 0.29) is 13.0 Å². The van der Waals surface area contributed by atoms with Crippen LogP contribution in [-0.4, -0.2) is 30.6 Å². The summed E-state index contributed by atoms with van der Waals surface area (Å²) in [4.78, 5) is 32.8. The van der Waals surface area contributed by atoms with Crippen LogP contribution < -0.4 is 22.3 Å². The number of carbonyl (C=O) groups is 3. The van der Waals surface area contributed by atoms with E-state index in [1.165, 1.54) is 0 Å². The van der Waals surface area contributed by atoms with Crippen molar-refractivity contribution in [3.63, 3.8) is 0 Å². The Hall–Kier alpha value is -1.83. The number of hydrogen-bond donors (Lipinski definition) is 4. The summed E-state index contributed by atoms with van der Waals surface area (Å²) < 4.78 is 4.74. The molecule has 1 unspecified atom stereocenters. The summed E-state index contributed by atoms with van der Waals surface area (Å²) >= 11 is 0. The van der Waals surface area contributed by atoms with E-state index in [1.807, 2.05) is 0 Å². The molecule has 0 radical (unpaired) electrons. The van der Waals surface area contributed by atoms with Gasteiger partial charge in [0.15, 0.2) is 6.10 Å². The van der Waals surface area contributed by atoms with Crippen LogP contribution in [0.25, 0.3) is 0 Å². The lowest BCUT2D eigenvalue weighted by Gasteiger charge is -2.16. The van der Waals surface area contributed by atoms with Crippen molar-refractivity contribution in [3.8, 4) is 0 Å². The van der Waals surface area contributed by atoms with E-state index >= 15 is 0 Å². The highest BCUT2D eigenvalue weighted by molar-refractivity contribution is 5.82. The van der Waals surface area contributed by atoms with Crippen LogP contribution in [0.3, 0.4) is 0 Å². The minimum atomic E-state index is -0.979. The van der Waals surface area contributed by atoms with Crippen molar-refractivity contribution in [1.82, 2.24) is 10.9 Å². The first-order valence-corrected chi connectivity index (χ1v) is 5.76. The standard InChI is InChI=1S/C10H18N4O4/c11-8(15)3-4-13-14-9(16)7(18-10(12)17)5-6-1-2-6/h6-7,13H,1-5H2,(H2,11,15)(H2,12,17)(H,14,16). The summed E-state index contributed by atoms with van der Waals surface area (Å²) in [6.45, 7) is 0.216. The number of carbonyl (C=O) groups excluding carboxylic acids is 3. The maximum Gasteiger partial charge on any atom is 0.405 e. The molecule has 0 aliphatic heterocycles. The van der Waals surface area contributed by atoms with Gasteiger partial charge in [0, 0.05) is 13.0 Å². The molecule has 1 saturated carbocycles. The molecule has 3 amide bonds. The fraction of sp³-hybridized carbons (Fsp3) is 0.700. The summed E-state index contributed by atoms with van der Waals surface area (Å²) in [7, 11) is 0. The molecule has 8 nitrogen and oxygen atoms in total. The Kier molecular flexibility index (Phi) is 5.37. The highest BCUT2D eigenvalue weighted by atomic mass is 16.6. The van der Waals surface area contributed by atoms with E-state index in [0.717, 1.165) is 12.8 Å². The van der Waals surface area contributed by atoms with Crippen molar-refractivity contribution in [2.24, 2.45) is 17.4 Å². The third-order valence-electron chi connectivity index (χ3n) is 2.50. The minimum Gasteiger partial charge on any atom is -0.436 e. The van der Waals surface area contributed by atoms with Gasteiger partial charge in [-0.3, -0.25) is 15.0 Å². The quantitative estimate of drug-likeness (QED) is 0.318. The van der Waals surface area contributed by atoms with Crippen molar-refractivity contribution in [3.05, 3.63) is 0 Å². The van der Waals surface area contributed by atoms with Crippen LogP contribution in [0, 0.1) is 5.92 Å². The topological polar surface area (TPSA) is 137 Å². The molecule has 0 aromatic rings. The minimum absolute atomic E-state index is 0.101. The largest absolute Gasteiger partial charge is 0.436 e. The monoisotopic (exact) mass is 258 g/mol. The summed E-state index contributed by atoms with van der Waals surface area (Å²) in [6.07, 6.45) is 0.752. The van der Waals surface area contributed by atoms with Crippen molar-refractivity contribution >= 4 is 17.9 Å². The van der Waals surface area contributed by atoms with Gasteiger partial charge in [-0.15, -0.1) is 0 Å². The molecule has 18 heavy (non-hydrogen) atoms. The van der Waals surface area contributed by atoms with Crippen molar-refractivity contribution in [2.75, 3.05) is 6.54 Å². The molecule has 0 aromatic carbocycles. The number of nitrogens with two attached hydrogens (primary N) is 2. The second kappa shape index (κ2) is 6.80. The van der Waals surface area contributed by atoms with Crippen LogP contribution in [0.4, 0.5) is 4.79 Å². The summed E-state index contributed by atoms with van der Waals surface area (Å²) in [5.74, 6) is -0.546. The fourth-order valence-corrected chi connectivity index (χ4v) is 1.42. The molecule has 0 aromatic heterocycles. The molecule has 6 N–H and O–H groups in total. The predicted octanol–water partition coefficient (Wildman–Crippen LogP) is -1.25. The molecule has 0 saturated heterocycles. The third kappa shape index (κ3) is 6.04. The third-order valence-corrected chi connectivity index (χ3v) is 2.50. The lowest BCUT2D eigenvalue weighted by atomic mass is 10.2. The van der Waals surface area contributed by atoms with Gasteiger partial charge in [-0.1, -0.05) is 12.8 Å². The molecule has 1 rings (SSSR count). The summed E-state index contributed by atoms with van der Waals surface area (Å²) in [6, 6.07) is 0. The van der Waals surface area contributed by atoms with E-state index in [4.69, 9.17) is 16.2 Å². The van der Waals surface area contributed by atoms with Crippen LogP contribution >= 0.6 is 0 Å². The van der Waals surface area contributed by atoms with Gasteiger partial charge in [-0.05, 0) is 12.3 Å². The van der Waals surface area contributed by atoms with Crippen LogP contribution in [0.2, 0.25) is 0 Å². The van der Waals surface area contributed by atoms with Gasteiger partial charge in [0.1, 0.15) is 0 Å². The maximum absolute atomic E-state index is 11.7. The van der Waals surface area contributed by atoms with Gasteiger partial charge in [0.2, 0.25) is 5.91 Å². The zero-order chi connectivity index (χ0) is 13.5. The molecule has 102 valence electrons. The molecule has 1 aliphatic rings. The molecule has 0 spiro atoms. The molecular formula is C10H18N4O4. The molecule has 0 bridgehead atoms. The Balaban J connectivity index is 2.28. The van der Waals surface area contributed by atoms with Crippen LogP contribution in [0.1, 0.15) is 25.7 Å². The Morgan fingerprint density at radius 1 is 1.28 bits per heavy atom. The van der Waals surface area contributed by atoms with Gasteiger partial charge >= 0.3 is 6.09 Å². The number of ether oxygens (including phenoxy) is 1. The first-order chi connectivity index (χ1) is 8.49. The normalized spacial score (nSPS) is 15.8. The average Bonchev–Trinajstić information content (AvgIpc) is 3.06. The van der Waals surface area contributed by atoms with Gasteiger partial charge in [-0.2, -0.15) is 0 Å². The maximum atomic E-state index is 11.7. The Bertz CT molecular complexity index is 330. The highest BCUT2D eigenvalue weighted by Gasteiger charge is 2.31. The van der Waals surface area contributed by atoms with E-state index in [9.17, 15) is 14.4 Å². The highest BCUT2D eigenvalue weighted by Crippen LogP contribution is 2.34. The Morgan fingerprint density at radius 3 is 2.44 bits per heavy atom. The Labute approximate surface area is 104 Å². The lowest BCUT2D eigenvalue weighted by Crippen LogP contribution is -2.46. The van der Waals surface area contributed by atoms with Gasteiger partial charge in [0.25, 0.3) is 5.91 Å². The second-order valence-corrected chi connectivity index (χ2v) is 4.24. The van der Waals surface area contributed by atoms with Crippen molar-refractivity contribution in [2.45, 2.75) is 31.8 Å². The van der Waals surface area contributed by atoms with Gasteiger partial charge in [-0.25, -0.2) is 10.2 Å². The molecule has 1 fully saturated rings. The number of primary amides is 2. The number of hydrogen-bond acceptors (Lipinski definition) is 5. The number of nitrogens with one attached hydrogen (secondary N) is 2. The molecular weight excluding hydrogens is 240 g/mol. The number of rotatable bonds is 8. The molecule has 0 heterocycles. The number of amides is 3. The Morgan fingerprint density at radius 2 is 1.94 bits per heavy atom. The second-order valence-electron chi connectivity index (χ2n) is 4.24. The van der Waals surface area contributed by atoms with Crippen molar-refractivity contribution in [1.29, 1.82) is 0 Å². The van der Waals surface area contributed by atoms with Gasteiger partial charge in [0.05, 0.1) is 0 Å². The average molecular weight is 258 g/mol. The van der Waals surface area contributed by atoms with E-state index < -0.39 is 24.0 Å². The van der Waals surface area contributed by atoms with Crippen LogP contribution in [0.5, 0.6) is 0 Å². The first kappa shape index (κ1) is 14.2. The van der Waals surface area contributed by atoms with E-state index in [2.05, 4.69) is 10.9 Å². The van der Waals surface area contributed by atoms with E-state index in [1.54, 1.807) is 0 Å². The SMILES string of the molecule is NC(=O)CCNNC(=O)C(CC1CC1)OC(N)=O. The number of hydrazine groups is 1. The predicted molar refractivity (Wildman–Crippen MR) is 61.8 cm³/mol. The van der Waals surface area contributed by atoms with Gasteiger partial charge < -0.3 is 16.2 Å².